The van der Waals surface area contributed by atoms with Gasteiger partial charge in [-0.2, -0.15) is 8.78 Å². The van der Waals surface area contributed by atoms with E-state index < -0.39 is 36.9 Å². The zero-order valence-electron chi connectivity index (χ0n) is 11.6. The van der Waals surface area contributed by atoms with Gasteiger partial charge in [0.1, 0.15) is 6.61 Å². The first kappa shape index (κ1) is 19.4. The van der Waals surface area contributed by atoms with Gasteiger partial charge in [0.2, 0.25) is 0 Å². The zero-order chi connectivity index (χ0) is 16.6. The van der Waals surface area contributed by atoms with Crippen LogP contribution in [0.15, 0.2) is 0 Å². The van der Waals surface area contributed by atoms with Crippen LogP contribution in [0.1, 0.15) is 6.92 Å². The van der Waals surface area contributed by atoms with Crippen LogP contribution < -0.4 is 5.32 Å². The fourth-order valence-corrected chi connectivity index (χ4v) is 1.21. The Balaban J connectivity index is 3.87. The number of nitrogens with one attached hydrogen (secondary N) is 1. The highest BCUT2D eigenvalue weighted by Crippen LogP contribution is 2.22. The molecule has 1 atom stereocenters. The fourth-order valence-electron chi connectivity index (χ4n) is 1.21. The number of hydrogen-bond donors (Lipinski definition) is 2. The van der Waals surface area contributed by atoms with E-state index in [-0.39, 0.29) is 19.7 Å². The topological polar surface area (TPSA) is 78.9 Å². The molecule has 0 saturated carbocycles. The number of carbonyl (C=O) groups excluding carboxylic acids is 1. The van der Waals surface area contributed by atoms with Crippen molar-refractivity contribution in [2.24, 2.45) is 5.92 Å². The SMILES string of the molecule is CC(CN(C)C(=O)NCCOCC(F)(F)C(F)F)C(=O)O. The minimum atomic E-state index is -4.22. The van der Waals surface area contributed by atoms with Gasteiger partial charge < -0.3 is 20.1 Å². The van der Waals surface area contributed by atoms with Gasteiger partial charge in [0.25, 0.3) is 0 Å². The van der Waals surface area contributed by atoms with Crippen LogP contribution in [0.3, 0.4) is 0 Å². The van der Waals surface area contributed by atoms with Crippen molar-refractivity contribution >= 4 is 12.0 Å². The number of carboxylic acids is 1. The Bertz CT molecular complexity index is 355. The van der Waals surface area contributed by atoms with Crippen LogP contribution in [0.4, 0.5) is 22.4 Å². The number of carbonyl (C=O) groups is 2. The minimum Gasteiger partial charge on any atom is -0.481 e. The number of ether oxygens (including phenoxy) is 1. The first-order chi connectivity index (χ1) is 9.58. The van der Waals surface area contributed by atoms with Crippen LogP contribution in [-0.2, 0) is 9.53 Å². The average Bonchev–Trinajstić information content (AvgIpc) is 2.37. The van der Waals surface area contributed by atoms with Crippen molar-refractivity contribution in [2.45, 2.75) is 19.3 Å². The Hall–Kier alpha value is -1.58. The number of urea groups is 1. The summed E-state index contributed by atoms with van der Waals surface area (Å²) >= 11 is 0. The molecule has 124 valence electrons. The van der Waals surface area contributed by atoms with Gasteiger partial charge in [-0.25, -0.2) is 13.6 Å². The molecule has 6 nitrogen and oxygen atoms in total. The first-order valence-electron chi connectivity index (χ1n) is 6.03. The van der Waals surface area contributed by atoms with E-state index >= 15 is 0 Å². The van der Waals surface area contributed by atoms with Crippen molar-refractivity contribution in [3.05, 3.63) is 0 Å². The molecule has 0 spiro atoms. The van der Waals surface area contributed by atoms with Crippen molar-refractivity contribution in [3.8, 4) is 0 Å². The van der Waals surface area contributed by atoms with E-state index in [2.05, 4.69) is 10.1 Å². The molecule has 0 aromatic carbocycles. The molecule has 0 rings (SSSR count). The largest absolute Gasteiger partial charge is 0.481 e. The summed E-state index contributed by atoms with van der Waals surface area (Å²) in [6, 6.07) is -0.618. The standard InChI is InChI=1S/C11H18F4N2O4/c1-7(8(18)19)5-17(2)10(20)16-3-4-21-6-11(14,15)9(12)13/h7,9H,3-6H2,1-2H3,(H,16,20)(H,18,19). The van der Waals surface area contributed by atoms with Crippen molar-refractivity contribution in [1.29, 1.82) is 0 Å². The summed E-state index contributed by atoms with van der Waals surface area (Å²) < 4.78 is 52.8. The van der Waals surface area contributed by atoms with Crippen molar-refractivity contribution < 1.29 is 37.0 Å². The molecule has 0 aromatic rings. The van der Waals surface area contributed by atoms with Gasteiger partial charge in [-0.05, 0) is 0 Å². The van der Waals surface area contributed by atoms with E-state index in [1.807, 2.05) is 0 Å². The molecule has 0 saturated heterocycles. The molecule has 0 aliphatic heterocycles. The normalized spacial score (nSPS) is 13.1. The van der Waals surface area contributed by atoms with Gasteiger partial charge in [-0.1, -0.05) is 6.92 Å². The van der Waals surface area contributed by atoms with Gasteiger partial charge in [0.05, 0.1) is 12.5 Å². The van der Waals surface area contributed by atoms with Crippen molar-refractivity contribution in [1.82, 2.24) is 10.2 Å². The number of carboxylic acid groups (broad SMARTS) is 1. The van der Waals surface area contributed by atoms with Gasteiger partial charge in [-0.3, -0.25) is 4.79 Å². The molecule has 0 aliphatic carbocycles. The van der Waals surface area contributed by atoms with E-state index in [1.54, 1.807) is 0 Å². The van der Waals surface area contributed by atoms with Gasteiger partial charge in [-0.15, -0.1) is 0 Å². The number of nitrogens with zero attached hydrogens (tertiary/aromatic N) is 1. The summed E-state index contributed by atoms with van der Waals surface area (Å²) in [5.41, 5.74) is 0. The molecule has 0 bridgehead atoms. The summed E-state index contributed by atoms with van der Waals surface area (Å²) in [4.78, 5) is 23.2. The third kappa shape index (κ3) is 7.69. The third-order valence-corrected chi connectivity index (χ3v) is 2.45. The molecule has 0 fully saturated rings. The average molecular weight is 318 g/mol. The number of aliphatic carboxylic acids is 1. The maximum Gasteiger partial charge on any atom is 0.330 e. The Morgan fingerprint density at radius 3 is 2.43 bits per heavy atom. The second-order valence-corrected chi connectivity index (χ2v) is 4.47. The highest BCUT2D eigenvalue weighted by atomic mass is 19.3. The van der Waals surface area contributed by atoms with Gasteiger partial charge >= 0.3 is 24.3 Å². The predicted octanol–water partition coefficient (Wildman–Crippen LogP) is 1.27. The lowest BCUT2D eigenvalue weighted by Crippen LogP contribution is -2.42. The zero-order valence-corrected chi connectivity index (χ0v) is 11.6. The number of amides is 2. The van der Waals surface area contributed by atoms with Crippen LogP contribution in [0.5, 0.6) is 0 Å². The molecule has 0 heterocycles. The molecule has 0 aliphatic rings. The summed E-state index contributed by atoms with van der Waals surface area (Å²) in [6.07, 6.45) is -3.81. The maximum atomic E-state index is 12.5. The lowest BCUT2D eigenvalue weighted by molar-refractivity contribution is -0.165. The lowest BCUT2D eigenvalue weighted by Gasteiger charge is -2.20. The molecular weight excluding hydrogens is 300 g/mol. The Morgan fingerprint density at radius 1 is 1.38 bits per heavy atom. The summed E-state index contributed by atoms with van der Waals surface area (Å²) in [6.45, 7) is -0.583. The molecule has 2 amide bonds. The van der Waals surface area contributed by atoms with Gasteiger partial charge in [0.15, 0.2) is 0 Å². The smallest absolute Gasteiger partial charge is 0.330 e. The van der Waals surface area contributed by atoms with E-state index in [0.717, 1.165) is 4.90 Å². The van der Waals surface area contributed by atoms with E-state index in [4.69, 9.17) is 5.11 Å². The molecule has 2 N–H and O–H groups in total. The minimum absolute atomic E-state index is 0.0362. The number of alkyl halides is 4. The third-order valence-electron chi connectivity index (χ3n) is 2.45. The quantitative estimate of drug-likeness (QED) is 0.496. The Morgan fingerprint density at radius 2 is 1.95 bits per heavy atom. The number of rotatable bonds is 9. The summed E-state index contributed by atoms with van der Waals surface area (Å²) in [5.74, 6) is -6.05. The van der Waals surface area contributed by atoms with Crippen LogP contribution in [-0.4, -0.2) is 67.7 Å². The van der Waals surface area contributed by atoms with Crippen LogP contribution in [0.25, 0.3) is 0 Å². The predicted molar refractivity (Wildman–Crippen MR) is 64.6 cm³/mol. The molecular formula is C11H18F4N2O4. The van der Waals surface area contributed by atoms with E-state index in [0.29, 0.717) is 0 Å². The number of hydrogen-bond acceptors (Lipinski definition) is 3. The molecule has 1 unspecified atom stereocenters. The Kier molecular flexibility index (Phi) is 8.00. The second kappa shape index (κ2) is 8.65. The molecule has 10 heteroatoms. The first-order valence-corrected chi connectivity index (χ1v) is 6.03. The van der Waals surface area contributed by atoms with Crippen LogP contribution in [0.2, 0.25) is 0 Å². The van der Waals surface area contributed by atoms with Crippen molar-refractivity contribution in [2.75, 3.05) is 33.4 Å². The van der Waals surface area contributed by atoms with E-state index in [1.165, 1.54) is 14.0 Å². The maximum absolute atomic E-state index is 12.5. The monoisotopic (exact) mass is 318 g/mol. The highest BCUT2D eigenvalue weighted by molar-refractivity contribution is 5.75. The Labute approximate surface area is 119 Å². The highest BCUT2D eigenvalue weighted by Gasteiger charge is 2.40. The fraction of sp³-hybridized carbons (Fsp3) is 0.818. The van der Waals surface area contributed by atoms with Crippen molar-refractivity contribution in [3.63, 3.8) is 0 Å². The summed E-state index contributed by atoms with van der Waals surface area (Å²) in [7, 11) is 1.36. The summed E-state index contributed by atoms with van der Waals surface area (Å²) in [5, 5.41) is 10.9. The van der Waals surface area contributed by atoms with Crippen LogP contribution >= 0.6 is 0 Å². The molecule has 21 heavy (non-hydrogen) atoms. The lowest BCUT2D eigenvalue weighted by atomic mass is 10.2. The van der Waals surface area contributed by atoms with Crippen LogP contribution in [0, 0.1) is 5.92 Å². The van der Waals surface area contributed by atoms with E-state index in [9.17, 15) is 27.2 Å². The number of halogens is 4. The second-order valence-electron chi connectivity index (χ2n) is 4.47. The van der Waals surface area contributed by atoms with Gasteiger partial charge in [0, 0.05) is 20.1 Å². The molecule has 0 aromatic heterocycles. The molecule has 0 radical (unpaired) electrons.